The number of nitrogens with zero attached hydrogens (tertiary/aromatic N) is 3. The van der Waals surface area contributed by atoms with Crippen LogP contribution in [0.3, 0.4) is 0 Å². The van der Waals surface area contributed by atoms with Gasteiger partial charge in [0, 0.05) is 24.5 Å². The van der Waals surface area contributed by atoms with Crippen LogP contribution < -0.4 is 5.32 Å². The molecule has 0 spiro atoms. The quantitative estimate of drug-likeness (QED) is 0.890. The van der Waals surface area contributed by atoms with E-state index in [0.717, 1.165) is 37.1 Å². The maximum atomic E-state index is 12.7. The first kappa shape index (κ1) is 12.8. The summed E-state index contributed by atoms with van der Waals surface area (Å²) in [6.07, 6.45) is 9.65. The van der Waals surface area contributed by atoms with E-state index < -0.39 is 0 Å². The van der Waals surface area contributed by atoms with Gasteiger partial charge in [-0.1, -0.05) is 12.8 Å². The summed E-state index contributed by atoms with van der Waals surface area (Å²) in [7, 11) is 0. The summed E-state index contributed by atoms with van der Waals surface area (Å²) in [5, 5.41) is 13.5. The number of aromatic amines is 1. The number of nitrogens with one attached hydrogen (secondary N) is 2. The third-order valence-corrected chi connectivity index (χ3v) is 3.96. The fourth-order valence-electron chi connectivity index (χ4n) is 2.89. The van der Waals surface area contributed by atoms with Gasteiger partial charge >= 0.3 is 0 Å². The van der Waals surface area contributed by atoms with Crippen molar-refractivity contribution in [1.29, 1.82) is 0 Å². The Bertz CT molecular complexity index is 561. The Morgan fingerprint density at radius 1 is 1.30 bits per heavy atom. The molecule has 0 bridgehead atoms. The highest BCUT2D eigenvalue weighted by molar-refractivity contribution is 5.95. The van der Waals surface area contributed by atoms with Crippen molar-refractivity contribution in [3.8, 4) is 0 Å². The molecule has 1 aliphatic carbocycles. The average Bonchev–Trinajstić information content (AvgIpc) is 3.13. The molecule has 0 aromatic carbocycles. The van der Waals surface area contributed by atoms with Gasteiger partial charge in [0.25, 0.3) is 0 Å². The Hall–Kier alpha value is -2.24. The first-order valence-corrected chi connectivity index (χ1v) is 6.85. The first-order chi connectivity index (χ1) is 9.78. The van der Waals surface area contributed by atoms with Gasteiger partial charge in [0.15, 0.2) is 0 Å². The van der Waals surface area contributed by atoms with Crippen LogP contribution in [-0.2, 0) is 11.2 Å². The van der Waals surface area contributed by atoms with Gasteiger partial charge in [0.2, 0.25) is 5.91 Å². The Kier molecular flexibility index (Phi) is 3.45. The zero-order chi connectivity index (χ0) is 13.8. The molecule has 1 aliphatic rings. The molecule has 6 heteroatoms. The van der Waals surface area contributed by atoms with Crippen molar-refractivity contribution in [3.63, 3.8) is 0 Å². The summed E-state index contributed by atoms with van der Waals surface area (Å²) in [4.78, 5) is 16.6. The molecule has 1 amide bonds. The molecule has 20 heavy (non-hydrogen) atoms. The van der Waals surface area contributed by atoms with Crippen LogP contribution in [0.25, 0.3) is 0 Å². The number of carbonyl (C=O) groups excluding carboxylic acids is 1. The van der Waals surface area contributed by atoms with E-state index in [0.29, 0.717) is 6.42 Å². The molecule has 6 nitrogen and oxygen atoms in total. The molecule has 2 aromatic heterocycles. The molecule has 0 saturated heterocycles. The molecular weight excluding hydrogens is 254 g/mol. The molecule has 1 fully saturated rings. The largest absolute Gasteiger partial charge is 0.325 e. The number of hydrogen-bond donors (Lipinski definition) is 2. The standard InChI is InChI=1S/C14H17N5O/c20-13(17-11-3-7-15-8-4-11)14(5-1-2-6-14)9-12-10-16-19-18-12/h3-4,7-8,10H,1-2,5-6,9H2,(H,15,17,20)(H,16,18,19). The van der Waals surface area contributed by atoms with Gasteiger partial charge in [-0.2, -0.15) is 15.4 Å². The van der Waals surface area contributed by atoms with Crippen LogP contribution in [0.2, 0.25) is 0 Å². The van der Waals surface area contributed by atoms with Crippen molar-refractivity contribution in [2.24, 2.45) is 5.41 Å². The fourth-order valence-corrected chi connectivity index (χ4v) is 2.89. The summed E-state index contributed by atoms with van der Waals surface area (Å²) in [6.45, 7) is 0. The summed E-state index contributed by atoms with van der Waals surface area (Å²) in [5.74, 6) is 0.0733. The molecule has 1 saturated carbocycles. The molecule has 0 radical (unpaired) electrons. The van der Waals surface area contributed by atoms with Gasteiger partial charge < -0.3 is 5.32 Å². The van der Waals surface area contributed by atoms with Crippen molar-refractivity contribution in [3.05, 3.63) is 36.4 Å². The second-order valence-corrected chi connectivity index (χ2v) is 5.32. The first-order valence-electron chi connectivity index (χ1n) is 6.85. The van der Waals surface area contributed by atoms with E-state index in [1.807, 2.05) is 0 Å². The highest BCUT2D eigenvalue weighted by Gasteiger charge is 2.41. The second kappa shape index (κ2) is 5.40. The molecular formula is C14H17N5O. The average molecular weight is 271 g/mol. The summed E-state index contributed by atoms with van der Waals surface area (Å²) in [6, 6.07) is 3.60. The molecule has 2 N–H and O–H groups in total. The lowest BCUT2D eigenvalue weighted by Crippen LogP contribution is -2.36. The van der Waals surface area contributed by atoms with E-state index in [9.17, 15) is 4.79 Å². The maximum absolute atomic E-state index is 12.7. The Labute approximate surface area is 117 Å². The second-order valence-electron chi connectivity index (χ2n) is 5.32. The molecule has 0 aliphatic heterocycles. The smallest absolute Gasteiger partial charge is 0.230 e. The topological polar surface area (TPSA) is 83.6 Å². The number of carbonyl (C=O) groups is 1. The minimum absolute atomic E-state index is 0.0733. The predicted molar refractivity (Wildman–Crippen MR) is 73.9 cm³/mol. The Morgan fingerprint density at radius 3 is 2.70 bits per heavy atom. The van der Waals surface area contributed by atoms with E-state index in [1.165, 1.54) is 0 Å². The van der Waals surface area contributed by atoms with Crippen LogP contribution in [0, 0.1) is 5.41 Å². The molecule has 3 rings (SSSR count). The van der Waals surface area contributed by atoms with Gasteiger partial charge in [0.05, 0.1) is 17.3 Å². The monoisotopic (exact) mass is 271 g/mol. The van der Waals surface area contributed by atoms with E-state index in [4.69, 9.17) is 0 Å². The number of amides is 1. The Balaban J connectivity index is 1.78. The maximum Gasteiger partial charge on any atom is 0.230 e. The minimum Gasteiger partial charge on any atom is -0.325 e. The van der Waals surface area contributed by atoms with Gasteiger partial charge in [0.1, 0.15) is 0 Å². The lowest BCUT2D eigenvalue weighted by Gasteiger charge is -2.26. The van der Waals surface area contributed by atoms with Crippen molar-refractivity contribution < 1.29 is 4.79 Å². The van der Waals surface area contributed by atoms with E-state index in [1.54, 1.807) is 30.7 Å². The highest BCUT2D eigenvalue weighted by Crippen LogP contribution is 2.41. The van der Waals surface area contributed by atoms with E-state index in [-0.39, 0.29) is 11.3 Å². The fraction of sp³-hybridized carbons (Fsp3) is 0.429. The van der Waals surface area contributed by atoms with Crippen LogP contribution in [0.1, 0.15) is 31.4 Å². The predicted octanol–water partition coefficient (Wildman–Crippen LogP) is 1.94. The SMILES string of the molecule is O=C(Nc1ccncc1)C1(Cc2cn[nH]n2)CCCC1. The van der Waals surface area contributed by atoms with Crippen molar-refractivity contribution in [2.45, 2.75) is 32.1 Å². The number of pyridine rings is 1. The van der Waals surface area contributed by atoms with Crippen LogP contribution in [-0.4, -0.2) is 26.3 Å². The third kappa shape index (κ3) is 2.54. The van der Waals surface area contributed by atoms with Crippen LogP contribution in [0.4, 0.5) is 5.69 Å². The van der Waals surface area contributed by atoms with E-state index >= 15 is 0 Å². The minimum atomic E-state index is -0.361. The third-order valence-electron chi connectivity index (χ3n) is 3.96. The van der Waals surface area contributed by atoms with Gasteiger partial charge in [-0.3, -0.25) is 9.78 Å². The van der Waals surface area contributed by atoms with Gasteiger partial charge in [-0.15, -0.1) is 0 Å². The lowest BCUT2D eigenvalue weighted by atomic mass is 9.80. The summed E-state index contributed by atoms with van der Waals surface area (Å²) >= 11 is 0. The number of rotatable bonds is 4. The Morgan fingerprint density at radius 2 is 2.05 bits per heavy atom. The van der Waals surface area contributed by atoms with Crippen LogP contribution in [0.15, 0.2) is 30.7 Å². The van der Waals surface area contributed by atoms with E-state index in [2.05, 4.69) is 25.7 Å². The lowest BCUT2D eigenvalue weighted by molar-refractivity contribution is -0.125. The molecule has 2 aromatic rings. The zero-order valence-corrected chi connectivity index (χ0v) is 11.2. The molecule has 104 valence electrons. The van der Waals surface area contributed by atoms with Crippen molar-refractivity contribution >= 4 is 11.6 Å². The molecule has 0 atom stereocenters. The number of aromatic nitrogens is 4. The van der Waals surface area contributed by atoms with Crippen LogP contribution >= 0.6 is 0 Å². The normalized spacial score (nSPS) is 17.0. The highest BCUT2D eigenvalue weighted by atomic mass is 16.2. The van der Waals surface area contributed by atoms with Gasteiger partial charge in [-0.25, -0.2) is 0 Å². The summed E-state index contributed by atoms with van der Waals surface area (Å²) in [5.41, 5.74) is 1.27. The van der Waals surface area contributed by atoms with Crippen LogP contribution in [0.5, 0.6) is 0 Å². The zero-order valence-electron chi connectivity index (χ0n) is 11.2. The molecule has 2 heterocycles. The summed E-state index contributed by atoms with van der Waals surface area (Å²) < 4.78 is 0. The molecule has 0 unspecified atom stereocenters. The van der Waals surface area contributed by atoms with Crippen molar-refractivity contribution in [2.75, 3.05) is 5.32 Å². The van der Waals surface area contributed by atoms with Crippen molar-refractivity contribution in [1.82, 2.24) is 20.4 Å². The van der Waals surface area contributed by atoms with Gasteiger partial charge in [-0.05, 0) is 25.0 Å². The number of hydrogen-bond acceptors (Lipinski definition) is 4. The number of H-pyrrole nitrogens is 1. The number of anilines is 1.